The van der Waals surface area contributed by atoms with Crippen LogP contribution in [0.15, 0.2) is 42.7 Å². The summed E-state index contributed by atoms with van der Waals surface area (Å²) in [4.78, 5) is 7.99. The Kier molecular flexibility index (Phi) is 3.20. The third-order valence-electron chi connectivity index (χ3n) is 4.01. The first-order valence-electron chi connectivity index (χ1n) is 7.11. The molecule has 106 valence electrons. The molecule has 21 heavy (non-hydrogen) atoms. The SMILES string of the molecule is Fc1ccc2sc3c(c2c1)CCN(Cc1cccnc1)C3. The highest BCUT2D eigenvalue weighted by molar-refractivity contribution is 7.19. The summed E-state index contributed by atoms with van der Waals surface area (Å²) in [5, 5.41) is 1.11. The molecular formula is C17H15FN2S. The molecule has 1 aromatic carbocycles. The maximum atomic E-state index is 13.4. The van der Waals surface area contributed by atoms with Gasteiger partial charge in [-0.1, -0.05) is 6.07 Å². The molecule has 1 aliphatic heterocycles. The highest BCUT2D eigenvalue weighted by Crippen LogP contribution is 2.35. The molecule has 0 bridgehead atoms. The van der Waals surface area contributed by atoms with Crippen LogP contribution in [0.25, 0.3) is 10.1 Å². The zero-order valence-corrected chi connectivity index (χ0v) is 12.4. The fraction of sp³-hybridized carbons (Fsp3) is 0.235. The standard InChI is InChI=1S/C17H15FN2S/c18-13-3-4-16-15(8-13)14-5-7-20(11-17(14)21-16)10-12-2-1-6-19-9-12/h1-4,6,8-9H,5,7,10-11H2. The molecule has 0 amide bonds. The number of hydrogen-bond acceptors (Lipinski definition) is 3. The summed E-state index contributed by atoms with van der Waals surface area (Å²) < 4.78 is 14.6. The number of hydrogen-bond donors (Lipinski definition) is 0. The largest absolute Gasteiger partial charge is 0.294 e. The van der Waals surface area contributed by atoms with Crippen molar-refractivity contribution in [3.8, 4) is 0 Å². The predicted octanol–water partition coefficient (Wildman–Crippen LogP) is 3.99. The number of pyridine rings is 1. The molecule has 0 N–H and O–H groups in total. The quantitative estimate of drug-likeness (QED) is 0.711. The van der Waals surface area contributed by atoms with Crippen molar-refractivity contribution in [3.05, 3.63) is 64.5 Å². The highest BCUT2D eigenvalue weighted by Gasteiger charge is 2.21. The van der Waals surface area contributed by atoms with Crippen molar-refractivity contribution in [1.29, 1.82) is 0 Å². The fourth-order valence-corrected chi connectivity index (χ4v) is 4.29. The van der Waals surface area contributed by atoms with Crippen LogP contribution in [-0.2, 0) is 19.5 Å². The monoisotopic (exact) mass is 298 g/mol. The lowest BCUT2D eigenvalue weighted by Crippen LogP contribution is -2.29. The molecule has 0 unspecified atom stereocenters. The minimum absolute atomic E-state index is 0.138. The predicted molar refractivity (Wildman–Crippen MR) is 83.8 cm³/mol. The number of thiophene rings is 1. The molecule has 1 aliphatic rings. The number of benzene rings is 1. The van der Waals surface area contributed by atoms with Gasteiger partial charge in [-0.05, 0) is 47.2 Å². The lowest BCUT2D eigenvalue weighted by atomic mass is 10.0. The molecule has 0 atom stereocenters. The summed E-state index contributed by atoms with van der Waals surface area (Å²) in [7, 11) is 0. The number of fused-ring (bicyclic) bond motifs is 3. The molecule has 3 heterocycles. The van der Waals surface area contributed by atoms with E-state index in [9.17, 15) is 4.39 Å². The first-order valence-corrected chi connectivity index (χ1v) is 7.92. The highest BCUT2D eigenvalue weighted by atomic mass is 32.1. The van der Waals surface area contributed by atoms with E-state index in [1.165, 1.54) is 20.7 Å². The van der Waals surface area contributed by atoms with Crippen LogP contribution < -0.4 is 0 Å². The summed E-state index contributed by atoms with van der Waals surface area (Å²) >= 11 is 1.80. The van der Waals surface area contributed by atoms with Crippen molar-refractivity contribution < 1.29 is 4.39 Å². The van der Waals surface area contributed by atoms with Gasteiger partial charge in [0.15, 0.2) is 0 Å². The van der Waals surface area contributed by atoms with Crippen molar-refractivity contribution in [2.45, 2.75) is 19.5 Å². The molecule has 4 rings (SSSR count). The zero-order chi connectivity index (χ0) is 14.2. The molecule has 0 fully saturated rings. The second-order valence-corrected chi connectivity index (χ2v) is 6.60. The van der Waals surface area contributed by atoms with Crippen LogP contribution in [0.1, 0.15) is 16.0 Å². The third kappa shape index (κ3) is 2.45. The molecule has 0 saturated carbocycles. The first-order chi connectivity index (χ1) is 10.3. The van der Waals surface area contributed by atoms with Crippen LogP contribution in [0.4, 0.5) is 4.39 Å². The third-order valence-corrected chi connectivity index (χ3v) is 5.21. The Balaban J connectivity index is 1.62. The number of nitrogens with zero attached hydrogens (tertiary/aromatic N) is 2. The molecule has 0 spiro atoms. The topological polar surface area (TPSA) is 16.1 Å². The van der Waals surface area contributed by atoms with Gasteiger partial charge < -0.3 is 0 Å². The van der Waals surface area contributed by atoms with E-state index in [1.54, 1.807) is 29.7 Å². The van der Waals surface area contributed by atoms with Gasteiger partial charge in [0.2, 0.25) is 0 Å². The number of rotatable bonds is 2. The van der Waals surface area contributed by atoms with E-state index in [1.807, 2.05) is 18.3 Å². The minimum atomic E-state index is -0.138. The van der Waals surface area contributed by atoms with E-state index in [0.29, 0.717) is 0 Å². The zero-order valence-electron chi connectivity index (χ0n) is 11.6. The average molecular weight is 298 g/mol. The van der Waals surface area contributed by atoms with Crippen molar-refractivity contribution >= 4 is 21.4 Å². The summed E-state index contributed by atoms with van der Waals surface area (Å²) in [5.74, 6) is -0.138. The lowest BCUT2D eigenvalue weighted by molar-refractivity contribution is 0.249. The molecular weight excluding hydrogens is 283 g/mol. The lowest BCUT2D eigenvalue weighted by Gasteiger charge is -2.26. The molecule has 4 heteroatoms. The van der Waals surface area contributed by atoms with E-state index in [-0.39, 0.29) is 5.82 Å². The smallest absolute Gasteiger partial charge is 0.123 e. The van der Waals surface area contributed by atoms with Crippen LogP contribution in [0.2, 0.25) is 0 Å². The van der Waals surface area contributed by atoms with Gasteiger partial charge >= 0.3 is 0 Å². The van der Waals surface area contributed by atoms with Gasteiger partial charge in [-0.25, -0.2) is 4.39 Å². The average Bonchev–Trinajstić information content (AvgIpc) is 2.85. The maximum Gasteiger partial charge on any atom is 0.123 e. The molecule has 0 radical (unpaired) electrons. The minimum Gasteiger partial charge on any atom is -0.294 e. The van der Waals surface area contributed by atoms with Crippen LogP contribution in [0.3, 0.4) is 0 Å². The number of aromatic nitrogens is 1. The van der Waals surface area contributed by atoms with Gasteiger partial charge in [0.25, 0.3) is 0 Å². The summed E-state index contributed by atoms with van der Waals surface area (Å²) in [6, 6.07) is 9.23. The van der Waals surface area contributed by atoms with Crippen molar-refractivity contribution in [3.63, 3.8) is 0 Å². The van der Waals surface area contributed by atoms with Gasteiger partial charge in [-0.2, -0.15) is 0 Å². The Hall–Kier alpha value is -1.78. The summed E-state index contributed by atoms with van der Waals surface area (Å²) in [6.45, 7) is 2.89. The van der Waals surface area contributed by atoms with E-state index < -0.39 is 0 Å². The fourth-order valence-electron chi connectivity index (χ4n) is 3.01. The van der Waals surface area contributed by atoms with Gasteiger partial charge in [-0.3, -0.25) is 9.88 Å². The Morgan fingerprint density at radius 2 is 2.24 bits per heavy atom. The second kappa shape index (κ2) is 5.20. The molecule has 2 aromatic heterocycles. The van der Waals surface area contributed by atoms with Gasteiger partial charge in [0.05, 0.1) is 0 Å². The second-order valence-electron chi connectivity index (χ2n) is 5.47. The maximum absolute atomic E-state index is 13.4. The van der Waals surface area contributed by atoms with Gasteiger partial charge in [-0.15, -0.1) is 11.3 Å². The van der Waals surface area contributed by atoms with E-state index in [4.69, 9.17) is 0 Å². The molecule has 3 aromatic rings. The van der Waals surface area contributed by atoms with Crippen LogP contribution in [0, 0.1) is 5.82 Å². The Bertz CT molecular complexity index is 782. The van der Waals surface area contributed by atoms with E-state index >= 15 is 0 Å². The molecule has 0 aliphatic carbocycles. The van der Waals surface area contributed by atoms with Gasteiger partial charge in [0.1, 0.15) is 5.82 Å². The Morgan fingerprint density at radius 3 is 3.10 bits per heavy atom. The Labute approximate surface area is 126 Å². The number of halogens is 1. The molecule has 0 saturated heterocycles. The summed E-state index contributed by atoms with van der Waals surface area (Å²) in [6.07, 6.45) is 4.73. The van der Waals surface area contributed by atoms with E-state index in [0.717, 1.165) is 31.4 Å². The summed E-state index contributed by atoms with van der Waals surface area (Å²) in [5.41, 5.74) is 2.59. The van der Waals surface area contributed by atoms with Crippen LogP contribution in [-0.4, -0.2) is 16.4 Å². The molecule has 2 nitrogen and oxygen atoms in total. The normalized spacial score (nSPS) is 15.3. The van der Waals surface area contributed by atoms with Crippen LogP contribution >= 0.6 is 11.3 Å². The van der Waals surface area contributed by atoms with Gasteiger partial charge in [0, 0.05) is 41.6 Å². The first kappa shape index (κ1) is 12.9. The van der Waals surface area contributed by atoms with Crippen molar-refractivity contribution in [2.24, 2.45) is 0 Å². The van der Waals surface area contributed by atoms with Crippen molar-refractivity contribution in [1.82, 2.24) is 9.88 Å². The van der Waals surface area contributed by atoms with Crippen LogP contribution in [0.5, 0.6) is 0 Å². The Morgan fingerprint density at radius 1 is 1.29 bits per heavy atom. The van der Waals surface area contributed by atoms with Crippen molar-refractivity contribution in [2.75, 3.05) is 6.54 Å². The van der Waals surface area contributed by atoms with E-state index in [2.05, 4.69) is 16.0 Å².